The molecule has 0 atom stereocenters. The number of benzene rings is 1. The standard InChI is InChI=1S/C19H17N3O5S2/c1-3-16(24)20-18-21-22-19(29-18)28-10-12-8-14(23)15(9-26-12)27-17(25)13-7-5-4-6-11(13)2/h4-9H,3,10H2,1-2H3,(H,20,21,24). The van der Waals surface area contributed by atoms with E-state index in [2.05, 4.69) is 15.5 Å². The molecule has 0 aliphatic heterocycles. The van der Waals surface area contributed by atoms with Crippen LogP contribution in [0.25, 0.3) is 0 Å². The molecule has 2 heterocycles. The second-order valence-electron chi connectivity index (χ2n) is 5.84. The number of nitrogens with zero attached hydrogens (tertiary/aromatic N) is 2. The molecule has 1 N–H and O–H groups in total. The molecule has 0 unspecified atom stereocenters. The van der Waals surface area contributed by atoms with E-state index in [-0.39, 0.29) is 11.7 Å². The van der Waals surface area contributed by atoms with Crippen molar-refractivity contribution in [2.75, 3.05) is 5.32 Å². The summed E-state index contributed by atoms with van der Waals surface area (Å²) in [5.41, 5.74) is 0.678. The van der Waals surface area contributed by atoms with Crippen LogP contribution in [0.5, 0.6) is 5.75 Å². The number of rotatable bonds is 7. The van der Waals surface area contributed by atoms with Crippen LogP contribution in [0.15, 0.2) is 50.1 Å². The summed E-state index contributed by atoms with van der Waals surface area (Å²) in [6.07, 6.45) is 1.48. The Balaban J connectivity index is 1.61. The summed E-state index contributed by atoms with van der Waals surface area (Å²) in [7, 11) is 0. The van der Waals surface area contributed by atoms with Crippen LogP contribution in [-0.2, 0) is 10.5 Å². The van der Waals surface area contributed by atoms with Crippen LogP contribution < -0.4 is 15.5 Å². The molecule has 3 aromatic rings. The molecule has 0 saturated heterocycles. The Morgan fingerprint density at radius 1 is 1.28 bits per heavy atom. The largest absolute Gasteiger partial charge is 0.464 e. The zero-order valence-electron chi connectivity index (χ0n) is 15.6. The van der Waals surface area contributed by atoms with Crippen LogP contribution in [-0.4, -0.2) is 22.1 Å². The number of aromatic nitrogens is 2. The molecule has 150 valence electrons. The fourth-order valence-electron chi connectivity index (χ4n) is 2.20. The predicted octanol–water partition coefficient (Wildman–Crippen LogP) is 3.66. The van der Waals surface area contributed by atoms with E-state index >= 15 is 0 Å². The number of carbonyl (C=O) groups is 2. The number of esters is 1. The van der Waals surface area contributed by atoms with Crippen LogP contribution in [0, 0.1) is 6.92 Å². The molecule has 3 rings (SSSR count). The van der Waals surface area contributed by atoms with Crippen molar-refractivity contribution in [1.82, 2.24) is 10.2 Å². The second-order valence-corrected chi connectivity index (χ2v) is 8.04. The fraction of sp³-hybridized carbons (Fsp3) is 0.211. The molecule has 0 saturated carbocycles. The molecule has 0 bridgehead atoms. The van der Waals surface area contributed by atoms with Gasteiger partial charge in [-0.15, -0.1) is 10.2 Å². The number of ether oxygens (including phenoxy) is 1. The van der Waals surface area contributed by atoms with Crippen LogP contribution in [0.1, 0.15) is 35.0 Å². The van der Waals surface area contributed by atoms with Gasteiger partial charge >= 0.3 is 5.97 Å². The first-order valence-electron chi connectivity index (χ1n) is 8.62. The molecule has 2 aromatic heterocycles. The zero-order chi connectivity index (χ0) is 20.8. The van der Waals surface area contributed by atoms with Crippen LogP contribution in [0.3, 0.4) is 0 Å². The molecule has 10 heteroatoms. The number of nitrogens with one attached hydrogen (secondary N) is 1. The van der Waals surface area contributed by atoms with Crippen molar-refractivity contribution < 1.29 is 18.7 Å². The maximum Gasteiger partial charge on any atom is 0.344 e. The van der Waals surface area contributed by atoms with Crippen molar-refractivity contribution in [3.05, 3.63) is 63.7 Å². The first-order valence-corrected chi connectivity index (χ1v) is 10.4. The van der Waals surface area contributed by atoms with Gasteiger partial charge in [0.25, 0.3) is 0 Å². The molecule has 0 aliphatic carbocycles. The van der Waals surface area contributed by atoms with E-state index in [9.17, 15) is 14.4 Å². The highest BCUT2D eigenvalue weighted by molar-refractivity contribution is 8.00. The van der Waals surface area contributed by atoms with Crippen molar-refractivity contribution >= 4 is 40.1 Å². The molecular weight excluding hydrogens is 414 g/mol. The number of thioether (sulfide) groups is 1. The zero-order valence-corrected chi connectivity index (χ0v) is 17.3. The molecule has 0 fully saturated rings. The Kier molecular flexibility index (Phi) is 6.78. The minimum Gasteiger partial charge on any atom is -0.464 e. The normalized spacial score (nSPS) is 10.6. The van der Waals surface area contributed by atoms with E-state index < -0.39 is 11.4 Å². The summed E-state index contributed by atoms with van der Waals surface area (Å²) in [6, 6.07) is 8.22. The second kappa shape index (κ2) is 9.48. The predicted molar refractivity (Wildman–Crippen MR) is 110 cm³/mol. The molecule has 1 amide bonds. The molecule has 29 heavy (non-hydrogen) atoms. The summed E-state index contributed by atoms with van der Waals surface area (Å²) in [4.78, 5) is 35.8. The van der Waals surface area contributed by atoms with Crippen molar-refractivity contribution in [3.8, 4) is 5.75 Å². The SMILES string of the molecule is CCC(=O)Nc1nnc(SCc2cc(=O)c(OC(=O)c3ccccc3C)co2)s1. The van der Waals surface area contributed by atoms with Gasteiger partial charge in [-0.2, -0.15) is 0 Å². The van der Waals surface area contributed by atoms with Crippen LogP contribution in [0.2, 0.25) is 0 Å². The van der Waals surface area contributed by atoms with Crippen LogP contribution in [0.4, 0.5) is 5.13 Å². The lowest BCUT2D eigenvalue weighted by atomic mass is 10.1. The Labute approximate surface area is 174 Å². The molecular formula is C19H17N3O5S2. The van der Waals surface area contributed by atoms with Crippen molar-refractivity contribution in [3.63, 3.8) is 0 Å². The van der Waals surface area contributed by atoms with Gasteiger partial charge in [0.15, 0.2) is 4.34 Å². The first kappa shape index (κ1) is 20.7. The van der Waals surface area contributed by atoms with Gasteiger partial charge in [-0.3, -0.25) is 9.59 Å². The Morgan fingerprint density at radius 3 is 2.79 bits per heavy atom. The lowest BCUT2D eigenvalue weighted by molar-refractivity contribution is -0.115. The summed E-state index contributed by atoms with van der Waals surface area (Å²) in [5, 5.41) is 10.9. The summed E-state index contributed by atoms with van der Waals surface area (Å²) < 4.78 is 11.2. The Morgan fingerprint density at radius 2 is 2.07 bits per heavy atom. The van der Waals surface area contributed by atoms with Crippen molar-refractivity contribution in [2.45, 2.75) is 30.4 Å². The molecule has 0 aliphatic rings. The van der Waals surface area contributed by atoms with Gasteiger partial charge < -0.3 is 14.5 Å². The number of hydrogen-bond donors (Lipinski definition) is 1. The summed E-state index contributed by atoms with van der Waals surface area (Å²) in [5.74, 6) is -0.206. The van der Waals surface area contributed by atoms with E-state index in [0.717, 1.165) is 11.8 Å². The number of anilines is 1. The van der Waals surface area contributed by atoms with Crippen molar-refractivity contribution in [1.29, 1.82) is 0 Å². The van der Waals surface area contributed by atoms with Gasteiger partial charge in [0.2, 0.25) is 22.2 Å². The highest BCUT2D eigenvalue weighted by Gasteiger charge is 2.15. The van der Waals surface area contributed by atoms with E-state index in [1.165, 1.54) is 29.2 Å². The molecule has 1 aromatic carbocycles. The Bertz CT molecular complexity index is 1090. The molecule has 8 nitrogen and oxygen atoms in total. The average molecular weight is 431 g/mol. The fourth-order valence-corrected chi connectivity index (χ4v) is 3.86. The summed E-state index contributed by atoms with van der Waals surface area (Å²) >= 11 is 2.54. The lowest BCUT2D eigenvalue weighted by Crippen LogP contribution is -2.15. The first-order chi connectivity index (χ1) is 14.0. The van der Waals surface area contributed by atoms with Gasteiger partial charge in [-0.1, -0.05) is 48.2 Å². The minimum atomic E-state index is -0.618. The number of carbonyl (C=O) groups excluding carboxylic acids is 2. The van der Waals surface area contributed by atoms with E-state index in [4.69, 9.17) is 9.15 Å². The Hall–Kier alpha value is -2.98. The van der Waals surface area contributed by atoms with E-state index in [1.54, 1.807) is 32.0 Å². The van der Waals surface area contributed by atoms with E-state index in [1.807, 2.05) is 6.07 Å². The maximum absolute atomic E-state index is 12.2. The van der Waals surface area contributed by atoms with Gasteiger partial charge in [0.1, 0.15) is 12.0 Å². The van der Waals surface area contributed by atoms with E-state index in [0.29, 0.717) is 33.0 Å². The average Bonchev–Trinajstić information content (AvgIpc) is 3.15. The molecule has 0 radical (unpaired) electrons. The lowest BCUT2D eigenvalue weighted by Gasteiger charge is -2.06. The summed E-state index contributed by atoms with van der Waals surface area (Å²) in [6.45, 7) is 3.53. The van der Waals surface area contributed by atoms with Gasteiger partial charge in [0.05, 0.1) is 11.3 Å². The minimum absolute atomic E-state index is 0.139. The number of aryl methyl sites for hydroxylation is 1. The third-order valence-corrected chi connectivity index (χ3v) is 5.73. The topological polar surface area (TPSA) is 111 Å². The van der Waals surface area contributed by atoms with Crippen molar-refractivity contribution in [2.24, 2.45) is 0 Å². The van der Waals surface area contributed by atoms with Gasteiger partial charge in [-0.25, -0.2) is 4.79 Å². The molecule has 0 spiro atoms. The third kappa shape index (κ3) is 5.52. The smallest absolute Gasteiger partial charge is 0.344 e. The monoisotopic (exact) mass is 431 g/mol. The maximum atomic E-state index is 12.2. The highest BCUT2D eigenvalue weighted by atomic mass is 32.2. The van der Waals surface area contributed by atoms with Gasteiger partial charge in [-0.05, 0) is 18.6 Å². The number of hydrogen-bond acceptors (Lipinski definition) is 9. The highest BCUT2D eigenvalue weighted by Crippen LogP contribution is 2.28. The van der Waals surface area contributed by atoms with Gasteiger partial charge in [0, 0.05) is 12.5 Å². The van der Waals surface area contributed by atoms with Crippen LogP contribution >= 0.6 is 23.1 Å². The third-order valence-electron chi connectivity index (χ3n) is 3.73. The quantitative estimate of drug-likeness (QED) is 0.343. The number of amides is 1.